The SMILES string of the molecule is CC(NC(=O)c1cc(Cl)cc(S(=O)(=O)Cl)c1)C1CCOC1. The van der Waals surface area contributed by atoms with Gasteiger partial charge in [-0.15, -0.1) is 0 Å². The highest BCUT2D eigenvalue weighted by Crippen LogP contribution is 2.23. The van der Waals surface area contributed by atoms with Crippen LogP contribution in [0.25, 0.3) is 0 Å². The van der Waals surface area contributed by atoms with E-state index >= 15 is 0 Å². The second kappa shape index (κ2) is 6.52. The smallest absolute Gasteiger partial charge is 0.261 e. The molecule has 5 nitrogen and oxygen atoms in total. The predicted octanol–water partition coefficient (Wildman–Crippen LogP) is 2.42. The van der Waals surface area contributed by atoms with Crippen molar-refractivity contribution in [1.29, 1.82) is 0 Å². The second-order valence-electron chi connectivity index (χ2n) is 5.00. The Hall–Kier alpha value is -0.820. The molecule has 1 aliphatic rings. The average Bonchev–Trinajstić information content (AvgIpc) is 2.90. The van der Waals surface area contributed by atoms with Gasteiger partial charge in [-0.25, -0.2) is 8.42 Å². The van der Waals surface area contributed by atoms with Crippen LogP contribution in [0.3, 0.4) is 0 Å². The molecule has 2 atom stereocenters. The van der Waals surface area contributed by atoms with E-state index in [2.05, 4.69) is 5.32 Å². The van der Waals surface area contributed by atoms with Crippen LogP contribution in [0.15, 0.2) is 23.1 Å². The molecule has 0 aliphatic carbocycles. The van der Waals surface area contributed by atoms with E-state index in [0.717, 1.165) is 6.42 Å². The largest absolute Gasteiger partial charge is 0.381 e. The number of hydrogen-bond acceptors (Lipinski definition) is 4. The Bertz CT molecular complexity index is 642. The van der Waals surface area contributed by atoms with Crippen LogP contribution in [0.2, 0.25) is 5.02 Å². The molecular weight excluding hydrogens is 337 g/mol. The van der Waals surface area contributed by atoms with Crippen LogP contribution < -0.4 is 5.32 Å². The standard InChI is InChI=1S/C13H15Cl2NO4S/c1-8(9-2-3-20-7-9)16-13(17)10-4-11(14)6-12(5-10)21(15,18)19/h4-6,8-9H,2-3,7H2,1H3,(H,16,17). The average molecular weight is 352 g/mol. The quantitative estimate of drug-likeness (QED) is 0.845. The highest BCUT2D eigenvalue weighted by Gasteiger charge is 2.24. The lowest BCUT2D eigenvalue weighted by Gasteiger charge is -2.19. The number of amides is 1. The van der Waals surface area contributed by atoms with Gasteiger partial charge in [0.15, 0.2) is 0 Å². The van der Waals surface area contributed by atoms with Crippen LogP contribution in [0.4, 0.5) is 0 Å². The lowest BCUT2D eigenvalue weighted by atomic mass is 10.0. The van der Waals surface area contributed by atoms with Crippen molar-refractivity contribution in [1.82, 2.24) is 5.32 Å². The monoisotopic (exact) mass is 351 g/mol. The summed E-state index contributed by atoms with van der Waals surface area (Å²) in [5.41, 5.74) is 0.160. The number of benzene rings is 1. The van der Waals surface area contributed by atoms with Crippen LogP contribution >= 0.6 is 22.3 Å². The van der Waals surface area contributed by atoms with Gasteiger partial charge in [0.1, 0.15) is 0 Å². The van der Waals surface area contributed by atoms with Gasteiger partial charge in [0.2, 0.25) is 0 Å². The molecule has 0 spiro atoms. The van der Waals surface area contributed by atoms with Crippen LogP contribution in [0, 0.1) is 5.92 Å². The molecule has 1 aliphatic heterocycles. The first-order valence-electron chi connectivity index (χ1n) is 6.41. The van der Waals surface area contributed by atoms with Crippen LogP contribution in [0.1, 0.15) is 23.7 Å². The van der Waals surface area contributed by atoms with Gasteiger partial charge in [0.25, 0.3) is 15.0 Å². The fraction of sp³-hybridized carbons (Fsp3) is 0.462. The molecule has 21 heavy (non-hydrogen) atoms. The summed E-state index contributed by atoms with van der Waals surface area (Å²) in [5, 5.41) is 2.97. The Balaban J connectivity index is 2.17. The predicted molar refractivity (Wildman–Crippen MR) is 80.3 cm³/mol. The molecule has 2 unspecified atom stereocenters. The summed E-state index contributed by atoms with van der Waals surface area (Å²) in [6.45, 7) is 3.19. The molecule has 0 saturated carbocycles. The van der Waals surface area contributed by atoms with E-state index in [0.29, 0.717) is 13.2 Å². The van der Waals surface area contributed by atoms with E-state index in [9.17, 15) is 13.2 Å². The van der Waals surface area contributed by atoms with Crippen molar-refractivity contribution < 1.29 is 17.9 Å². The maximum atomic E-state index is 12.2. The van der Waals surface area contributed by atoms with E-state index < -0.39 is 15.0 Å². The molecule has 116 valence electrons. The van der Waals surface area contributed by atoms with E-state index in [1.165, 1.54) is 18.2 Å². The van der Waals surface area contributed by atoms with Crippen LogP contribution in [-0.2, 0) is 13.8 Å². The zero-order valence-electron chi connectivity index (χ0n) is 11.3. The number of halogens is 2. The molecular formula is C13H15Cl2NO4S. The third-order valence-electron chi connectivity index (χ3n) is 3.45. The molecule has 1 aromatic rings. The third kappa shape index (κ3) is 4.32. The summed E-state index contributed by atoms with van der Waals surface area (Å²) in [5.74, 6) is -0.136. The second-order valence-corrected chi connectivity index (χ2v) is 8.00. The Morgan fingerprint density at radius 3 is 2.71 bits per heavy atom. The summed E-state index contributed by atoms with van der Waals surface area (Å²) < 4.78 is 28.0. The molecule has 2 rings (SSSR count). The van der Waals surface area contributed by atoms with Gasteiger partial charge in [-0.05, 0) is 31.5 Å². The van der Waals surface area contributed by atoms with Gasteiger partial charge >= 0.3 is 0 Å². The van der Waals surface area contributed by atoms with Crippen molar-refractivity contribution in [3.63, 3.8) is 0 Å². The fourth-order valence-electron chi connectivity index (χ4n) is 2.19. The Morgan fingerprint density at radius 2 is 2.14 bits per heavy atom. The molecule has 1 aromatic carbocycles. The van der Waals surface area contributed by atoms with Gasteiger partial charge in [0, 0.05) is 39.8 Å². The van der Waals surface area contributed by atoms with Gasteiger partial charge in [-0.1, -0.05) is 11.6 Å². The van der Waals surface area contributed by atoms with E-state index in [4.69, 9.17) is 27.0 Å². The molecule has 0 radical (unpaired) electrons. The normalized spacial score (nSPS) is 20.2. The van der Waals surface area contributed by atoms with Crippen molar-refractivity contribution in [2.75, 3.05) is 13.2 Å². The Labute approximate surface area is 133 Å². The van der Waals surface area contributed by atoms with Gasteiger partial charge in [0.05, 0.1) is 11.5 Å². The van der Waals surface area contributed by atoms with Crippen molar-refractivity contribution in [3.8, 4) is 0 Å². The number of nitrogens with one attached hydrogen (secondary N) is 1. The van der Waals surface area contributed by atoms with Crippen molar-refractivity contribution in [2.24, 2.45) is 5.92 Å². The van der Waals surface area contributed by atoms with Crippen molar-refractivity contribution in [3.05, 3.63) is 28.8 Å². The zero-order valence-corrected chi connectivity index (χ0v) is 13.6. The first-order valence-corrected chi connectivity index (χ1v) is 9.10. The Kier molecular flexibility index (Phi) is 5.14. The highest BCUT2D eigenvalue weighted by atomic mass is 35.7. The lowest BCUT2D eigenvalue weighted by molar-refractivity contribution is 0.0922. The summed E-state index contributed by atoms with van der Waals surface area (Å²) >= 11 is 5.84. The van der Waals surface area contributed by atoms with E-state index in [1.807, 2.05) is 6.92 Å². The summed E-state index contributed by atoms with van der Waals surface area (Å²) in [6.07, 6.45) is 0.887. The van der Waals surface area contributed by atoms with Gasteiger partial charge in [-0.3, -0.25) is 4.79 Å². The molecule has 1 amide bonds. The molecule has 1 N–H and O–H groups in total. The first-order chi connectivity index (χ1) is 9.77. The van der Waals surface area contributed by atoms with Crippen LogP contribution in [0.5, 0.6) is 0 Å². The number of carbonyl (C=O) groups is 1. The van der Waals surface area contributed by atoms with Gasteiger partial charge < -0.3 is 10.1 Å². The minimum absolute atomic E-state index is 0.0740. The van der Waals surface area contributed by atoms with Crippen molar-refractivity contribution in [2.45, 2.75) is 24.3 Å². The summed E-state index contributed by atoms with van der Waals surface area (Å²) in [6, 6.07) is 3.74. The fourth-order valence-corrected chi connectivity index (χ4v) is 3.29. The van der Waals surface area contributed by atoms with Crippen molar-refractivity contribution >= 4 is 37.2 Å². The highest BCUT2D eigenvalue weighted by molar-refractivity contribution is 8.13. The molecule has 8 heteroatoms. The maximum Gasteiger partial charge on any atom is 0.261 e. The molecule has 0 aromatic heterocycles. The topological polar surface area (TPSA) is 72.5 Å². The molecule has 0 bridgehead atoms. The minimum Gasteiger partial charge on any atom is -0.381 e. The number of ether oxygens (including phenoxy) is 1. The van der Waals surface area contributed by atoms with E-state index in [-0.39, 0.29) is 27.4 Å². The Morgan fingerprint density at radius 1 is 1.43 bits per heavy atom. The zero-order chi connectivity index (χ0) is 15.6. The summed E-state index contributed by atoms with van der Waals surface area (Å²) in [7, 11) is 1.34. The molecule has 1 saturated heterocycles. The van der Waals surface area contributed by atoms with Gasteiger partial charge in [-0.2, -0.15) is 0 Å². The summed E-state index contributed by atoms with van der Waals surface area (Å²) in [4.78, 5) is 12.0. The van der Waals surface area contributed by atoms with Crippen LogP contribution in [-0.4, -0.2) is 33.6 Å². The molecule has 1 heterocycles. The lowest BCUT2D eigenvalue weighted by Crippen LogP contribution is -2.38. The third-order valence-corrected chi connectivity index (χ3v) is 5.00. The number of rotatable bonds is 4. The first kappa shape index (κ1) is 16.5. The number of carbonyl (C=O) groups excluding carboxylic acids is 1. The molecule has 1 fully saturated rings. The maximum absolute atomic E-state index is 12.2. The van der Waals surface area contributed by atoms with E-state index in [1.54, 1.807) is 0 Å². The minimum atomic E-state index is -3.94. The number of hydrogen-bond donors (Lipinski definition) is 1.